The van der Waals surface area contributed by atoms with Gasteiger partial charge in [-0.2, -0.15) is 0 Å². The van der Waals surface area contributed by atoms with E-state index in [0.29, 0.717) is 43.9 Å². The van der Waals surface area contributed by atoms with Crippen molar-refractivity contribution in [3.63, 3.8) is 0 Å². The highest BCUT2D eigenvalue weighted by molar-refractivity contribution is 5.95. The van der Waals surface area contributed by atoms with Crippen LogP contribution in [0.4, 0.5) is 0 Å². The highest BCUT2D eigenvalue weighted by atomic mass is 16.5. The second-order valence-corrected chi connectivity index (χ2v) is 10.3. The van der Waals surface area contributed by atoms with Crippen LogP contribution in [0.15, 0.2) is 42.5 Å². The minimum atomic E-state index is -0.222. The van der Waals surface area contributed by atoms with Crippen LogP contribution in [0.25, 0.3) is 0 Å². The number of morpholine rings is 1. The molecule has 2 heterocycles. The summed E-state index contributed by atoms with van der Waals surface area (Å²) < 4.78 is 5.72. The number of amides is 3. The summed E-state index contributed by atoms with van der Waals surface area (Å²) in [7, 11) is 0. The number of carbonyl (C=O) groups is 3. The van der Waals surface area contributed by atoms with Crippen LogP contribution in [0.2, 0.25) is 0 Å². The lowest BCUT2D eigenvalue weighted by atomic mass is 9.96. The van der Waals surface area contributed by atoms with Crippen LogP contribution >= 0.6 is 0 Å². The molecule has 0 bridgehead atoms. The molecule has 2 aliphatic heterocycles. The van der Waals surface area contributed by atoms with Crippen molar-refractivity contribution in [1.29, 1.82) is 0 Å². The van der Waals surface area contributed by atoms with Crippen molar-refractivity contribution in [3.8, 4) is 0 Å². The maximum absolute atomic E-state index is 13.0. The van der Waals surface area contributed by atoms with Gasteiger partial charge in [0.05, 0.1) is 18.1 Å². The van der Waals surface area contributed by atoms with Gasteiger partial charge >= 0.3 is 0 Å². The summed E-state index contributed by atoms with van der Waals surface area (Å²) in [6.45, 7) is 10.6. The Bertz CT molecular complexity index is 1080. The van der Waals surface area contributed by atoms with Gasteiger partial charge in [0.2, 0.25) is 5.91 Å². The molecule has 0 aromatic heterocycles. The molecule has 4 rings (SSSR count). The van der Waals surface area contributed by atoms with E-state index in [-0.39, 0.29) is 35.8 Å². The van der Waals surface area contributed by atoms with E-state index in [1.165, 1.54) is 0 Å². The summed E-state index contributed by atoms with van der Waals surface area (Å²) in [5.74, 6) is -0.268. The molecule has 3 atom stereocenters. The number of hydrogen-bond acceptors (Lipinski definition) is 4. The fraction of sp³-hybridized carbons (Fsp3) is 0.483. The summed E-state index contributed by atoms with van der Waals surface area (Å²) in [5, 5.41) is 3.02. The first-order valence-corrected chi connectivity index (χ1v) is 12.9. The first-order chi connectivity index (χ1) is 17.2. The van der Waals surface area contributed by atoms with Crippen LogP contribution in [0.3, 0.4) is 0 Å². The number of ether oxygens (including phenoxy) is 1. The van der Waals surface area contributed by atoms with Crippen molar-refractivity contribution in [3.05, 3.63) is 70.3 Å². The van der Waals surface area contributed by atoms with E-state index in [2.05, 4.69) is 11.4 Å². The molecule has 7 heteroatoms. The maximum Gasteiger partial charge on any atom is 0.254 e. The van der Waals surface area contributed by atoms with Crippen molar-refractivity contribution in [2.45, 2.75) is 59.3 Å². The summed E-state index contributed by atoms with van der Waals surface area (Å²) in [6.07, 6.45) is 1.63. The minimum absolute atomic E-state index is 0.00310. The summed E-state index contributed by atoms with van der Waals surface area (Å²) in [5.41, 5.74) is 4.38. The number of nitrogens with one attached hydrogen (secondary N) is 1. The largest absolute Gasteiger partial charge is 0.372 e. The number of rotatable bonds is 5. The van der Waals surface area contributed by atoms with Gasteiger partial charge in [-0.25, -0.2) is 0 Å². The zero-order valence-electron chi connectivity index (χ0n) is 21.8. The molecule has 3 amide bonds. The van der Waals surface area contributed by atoms with Gasteiger partial charge in [-0.3, -0.25) is 14.4 Å². The zero-order chi connectivity index (χ0) is 25.8. The first-order valence-electron chi connectivity index (χ1n) is 12.9. The Morgan fingerprint density at radius 3 is 2.11 bits per heavy atom. The number of piperidine rings is 1. The number of carbonyl (C=O) groups excluding carboxylic acids is 3. The van der Waals surface area contributed by atoms with Crippen molar-refractivity contribution in [2.24, 2.45) is 5.92 Å². The van der Waals surface area contributed by atoms with Crippen LogP contribution in [0.1, 0.15) is 64.1 Å². The third-order valence-corrected chi connectivity index (χ3v) is 6.92. The monoisotopic (exact) mass is 491 g/mol. The second kappa shape index (κ2) is 11.2. The van der Waals surface area contributed by atoms with Crippen molar-refractivity contribution in [1.82, 2.24) is 15.1 Å². The molecule has 1 N–H and O–H groups in total. The van der Waals surface area contributed by atoms with Gasteiger partial charge in [0.15, 0.2) is 0 Å². The highest BCUT2D eigenvalue weighted by Crippen LogP contribution is 2.21. The highest BCUT2D eigenvalue weighted by Gasteiger charge is 2.29. The second-order valence-electron chi connectivity index (χ2n) is 10.3. The van der Waals surface area contributed by atoms with E-state index in [9.17, 15) is 14.4 Å². The Balaban J connectivity index is 1.30. The number of likely N-dealkylation sites (tertiary alicyclic amines) is 1. The topological polar surface area (TPSA) is 79.0 Å². The molecule has 0 aliphatic carbocycles. The van der Waals surface area contributed by atoms with Gasteiger partial charge in [0.1, 0.15) is 0 Å². The quantitative estimate of drug-likeness (QED) is 0.692. The Hall–Kier alpha value is -3.19. The number of benzene rings is 2. The van der Waals surface area contributed by atoms with Crippen LogP contribution in [0.5, 0.6) is 0 Å². The SMILES string of the molecule is Cc1cc(C)cc(C(=O)N2CCCC(C(=O)NCc3ccc(C(=O)N4CC(C)OC(C)C4)cc3)C2)c1. The Morgan fingerprint density at radius 1 is 0.861 bits per heavy atom. The summed E-state index contributed by atoms with van der Waals surface area (Å²) >= 11 is 0. The molecule has 2 fully saturated rings. The van der Waals surface area contributed by atoms with E-state index < -0.39 is 0 Å². The molecule has 192 valence electrons. The molecule has 2 aliphatic rings. The van der Waals surface area contributed by atoms with E-state index in [0.717, 1.165) is 29.5 Å². The first kappa shape index (κ1) is 25.9. The Labute approximate surface area is 213 Å². The van der Waals surface area contributed by atoms with Crippen LogP contribution < -0.4 is 5.32 Å². The predicted octanol–water partition coefficient (Wildman–Crippen LogP) is 3.72. The van der Waals surface area contributed by atoms with Crippen LogP contribution in [-0.4, -0.2) is 65.9 Å². The lowest BCUT2D eigenvalue weighted by Crippen LogP contribution is -2.48. The number of hydrogen-bond donors (Lipinski definition) is 1. The van der Waals surface area contributed by atoms with E-state index in [4.69, 9.17) is 4.74 Å². The third-order valence-electron chi connectivity index (χ3n) is 6.92. The average Bonchev–Trinajstić information content (AvgIpc) is 2.85. The maximum atomic E-state index is 13.0. The molecular weight excluding hydrogens is 454 g/mol. The summed E-state index contributed by atoms with van der Waals surface area (Å²) in [6, 6.07) is 13.3. The Morgan fingerprint density at radius 2 is 1.47 bits per heavy atom. The Kier molecular flexibility index (Phi) is 8.09. The van der Waals surface area contributed by atoms with E-state index in [1.807, 2.05) is 69.0 Å². The van der Waals surface area contributed by atoms with Crippen molar-refractivity contribution < 1.29 is 19.1 Å². The van der Waals surface area contributed by atoms with Gasteiger partial charge in [0, 0.05) is 43.9 Å². The van der Waals surface area contributed by atoms with Gasteiger partial charge in [0.25, 0.3) is 11.8 Å². The van der Waals surface area contributed by atoms with Gasteiger partial charge in [-0.05, 0) is 70.4 Å². The number of aryl methyl sites for hydroxylation is 2. The average molecular weight is 492 g/mol. The molecule has 0 spiro atoms. The zero-order valence-corrected chi connectivity index (χ0v) is 21.8. The van der Waals surface area contributed by atoms with Gasteiger partial charge < -0.3 is 19.9 Å². The molecule has 2 aromatic rings. The van der Waals surface area contributed by atoms with E-state index >= 15 is 0 Å². The van der Waals surface area contributed by atoms with Crippen molar-refractivity contribution >= 4 is 17.7 Å². The normalized spacial score (nSPS) is 22.3. The molecular formula is C29H37N3O4. The fourth-order valence-electron chi connectivity index (χ4n) is 5.28. The lowest BCUT2D eigenvalue weighted by Gasteiger charge is -2.35. The van der Waals surface area contributed by atoms with Crippen molar-refractivity contribution in [2.75, 3.05) is 26.2 Å². The van der Waals surface area contributed by atoms with Crippen LogP contribution in [-0.2, 0) is 16.1 Å². The van der Waals surface area contributed by atoms with Gasteiger partial charge in [-0.15, -0.1) is 0 Å². The molecule has 2 saturated heterocycles. The molecule has 3 unspecified atom stereocenters. The molecule has 36 heavy (non-hydrogen) atoms. The van der Waals surface area contributed by atoms with E-state index in [1.54, 1.807) is 4.90 Å². The van der Waals surface area contributed by atoms with Crippen LogP contribution in [0, 0.1) is 19.8 Å². The predicted molar refractivity (Wildman–Crippen MR) is 139 cm³/mol. The molecule has 7 nitrogen and oxygen atoms in total. The molecule has 0 radical (unpaired) electrons. The standard InChI is InChI=1S/C29H37N3O4/c1-19-12-20(2)14-26(13-19)29(35)31-11-5-6-25(18-31)27(33)30-15-23-7-9-24(10-8-23)28(34)32-16-21(3)36-22(4)17-32/h7-10,12-14,21-22,25H,5-6,11,15-18H2,1-4H3,(H,30,33). The number of nitrogens with zero attached hydrogens (tertiary/aromatic N) is 2. The third kappa shape index (κ3) is 6.32. The minimum Gasteiger partial charge on any atom is -0.372 e. The molecule has 0 saturated carbocycles. The van der Waals surface area contributed by atoms with Gasteiger partial charge in [-0.1, -0.05) is 29.3 Å². The fourth-order valence-corrected chi connectivity index (χ4v) is 5.28. The molecule has 2 aromatic carbocycles. The summed E-state index contributed by atoms with van der Waals surface area (Å²) in [4.78, 5) is 42.5. The smallest absolute Gasteiger partial charge is 0.254 e. The lowest BCUT2D eigenvalue weighted by molar-refractivity contribution is -0.126.